The second kappa shape index (κ2) is 3.04. The molecule has 0 aromatic heterocycles. The van der Waals surface area contributed by atoms with Gasteiger partial charge in [0.1, 0.15) is 0 Å². The lowest BCUT2D eigenvalue weighted by Crippen LogP contribution is -2.10. The van der Waals surface area contributed by atoms with Crippen molar-refractivity contribution in [3.63, 3.8) is 0 Å². The molecule has 1 unspecified atom stereocenters. The molecule has 0 saturated carbocycles. The van der Waals surface area contributed by atoms with E-state index in [1.807, 2.05) is 0 Å². The standard InChI is InChI=1S/C12H20O/c1-9-5-4-6-10-7-12(2,3)8-11(10)13-9/h9H,4-8H2,1-3H3. The summed E-state index contributed by atoms with van der Waals surface area (Å²) < 4.78 is 5.95. The Labute approximate surface area is 81.2 Å². The first-order chi connectivity index (χ1) is 6.07. The Morgan fingerprint density at radius 2 is 2.08 bits per heavy atom. The first kappa shape index (κ1) is 9.11. The summed E-state index contributed by atoms with van der Waals surface area (Å²) in [4.78, 5) is 0. The van der Waals surface area contributed by atoms with Crippen LogP contribution in [0.3, 0.4) is 0 Å². The van der Waals surface area contributed by atoms with Crippen molar-refractivity contribution < 1.29 is 4.74 Å². The molecule has 0 saturated heterocycles. The molecular weight excluding hydrogens is 160 g/mol. The predicted octanol–water partition coefficient (Wildman–Crippen LogP) is 3.65. The summed E-state index contributed by atoms with van der Waals surface area (Å²) >= 11 is 0. The average molecular weight is 180 g/mol. The van der Waals surface area contributed by atoms with Gasteiger partial charge in [-0.15, -0.1) is 0 Å². The molecule has 1 heteroatoms. The van der Waals surface area contributed by atoms with Gasteiger partial charge in [0.25, 0.3) is 0 Å². The van der Waals surface area contributed by atoms with Crippen LogP contribution in [0.25, 0.3) is 0 Å². The molecule has 13 heavy (non-hydrogen) atoms. The summed E-state index contributed by atoms with van der Waals surface area (Å²) in [5.41, 5.74) is 2.07. The van der Waals surface area contributed by atoms with E-state index in [1.165, 1.54) is 31.4 Å². The van der Waals surface area contributed by atoms with Crippen LogP contribution < -0.4 is 0 Å². The van der Waals surface area contributed by atoms with Crippen molar-refractivity contribution in [2.45, 2.75) is 59.0 Å². The van der Waals surface area contributed by atoms with Crippen molar-refractivity contribution in [1.29, 1.82) is 0 Å². The lowest BCUT2D eigenvalue weighted by molar-refractivity contribution is 0.114. The normalized spacial score (nSPS) is 32.4. The monoisotopic (exact) mass is 180 g/mol. The van der Waals surface area contributed by atoms with E-state index < -0.39 is 0 Å². The Bertz CT molecular complexity index is 238. The van der Waals surface area contributed by atoms with Crippen LogP contribution in [0.2, 0.25) is 0 Å². The van der Waals surface area contributed by atoms with Gasteiger partial charge in [-0.3, -0.25) is 0 Å². The van der Waals surface area contributed by atoms with Gasteiger partial charge >= 0.3 is 0 Å². The van der Waals surface area contributed by atoms with Gasteiger partial charge in [-0.2, -0.15) is 0 Å². The minimum absolute atomic E-state index is 0.446. The van der Waals surface area contributed by atoms with Gasteiger partial charge in [0.05, 0.1) is 11.9 Å². The molecule has 1 heterocycles. The van der Waals surface area contributed by atoms with E-state index in [1.54, 1.807) is 5.57 Å². The summed E-state index contributed by atoms with van der Waals surface area (Å²) in [5, 5.41) is 0. The molecule has 1 nitrogen and oxygen atoms in total. The highest BCUT2D eigenvalue weighted by molar-refractivity contribution is 5.20. The molecule has 74 valence electrons. The molecule has 0 fully saturated rings. The molecule has 1 aliphatic carbocycles. The van der Waals surface area contributed by atoms with Crippen LogP contribution in [0.4, 0.5) is 0 Å². The molecular formula is C12H20O. The fraction of sp³-hybridized carbons (Fsp3) is 0.833. The second-order valence-corrected chi connectivity index (χ2v) is 5.37. The molecule has 2 aliphatic rings. The third-order valence-corrected chi connectivity index (χ3v) is 3.16. The van der Waals surface area contributed by atoms with E-state index in [-0.39, 0.29) is 0 Å². The quantitative estimate of drug-likeness (QED) is 0.553. The molecule has 1 aliphatic heterocycles. The minimum Gasteiger partial charge on any atom is -0.495 e. The van der Waals surface area contributed by atoms with E-state index in [0.717, 1.165) is 6.42 Å². The molecule has 0 amide bonds. The number of rotatable bonds is 0. The highest BCUT2D eigenvalue weighted by Gasteiger charge is 2.33. The van der Waals surface area contributed by atoms with Gasteiger partial charge in [-0.1, -0.05) is 13.8 Å². The van der Waals surface area contributed by atoms with Crippen LogP contribution in [-0.4, -0.2) is 6.10 Å². The molecule has 0 spiro atoms. The Kier molecular flexibility index (Phi) is 2.13. The van der Waals surface area contributed by atoms with E-state index in [2.05, 4.69) is 20.8 Å². The van der Waals surface area contributed by atoms with Gasteiger partial charge in [0, 0.05) is 6.42 Å². The summed E-state index contributed by atoms with van der Waals surface area (Å²) in [6.45, 7) is 6.88. The zero-order chi connectivity index (χ0) is 9.47. The minimum atomic E-state index is 0.446. The highest BCUT2D eigenvalue weighted by Crippen LogP contribution is 2.45. The van der Waals surface area contributed by atoms with Gasteiger partial charge in [0.2, 0.25) is 0 Å². The molecule has 0 radical (unpaired) electrons. The molecule has 0 aromatic rings. The largest absolute Gasteiger partial charge is 0.495 e. The lowest BCUT2D eigenvalue weighted by Gasteiger charge is -2.19. The maximum Gasteiger partial charge on any atom is 0.0961 e. The van der Waals surface area contributed by atoms with Crippen LogP contribution in [0, 0.1) is 5.41 Å². The summed E-state index contributed by atoms with van der Waals surface area (Å²) in [6, 6.07) is 0. The maximum absolute atomic E-state index is 5.95. The van der Waals surface area contributed by atoms with Crippen molar-refractivity contribution >= 4 is 0 Å². The molecule has 0 N–H and O–H groups in total. The Hall–Kier alpha value is -0.460. The first-order valence-electron chi connectivity index (χ1n) is 5.44. The summed E-state index contributed by atoms with van der Waals surface area (Å²) in [5.74, 6) is 1.33. The first-order valence-corrected chi connectivity index (χ1v) is 5.44. The topological polar surface area (TPSA) is 9.23 Å². The molecule has 0 aromatic carbocycles. The van der Waals surface area contributed by atoms with E-state index in [9.17, 15) is 0 Å². The third-order valence-electron chi connectivity index (χ3n) is 3.16. The Morgan fingerprint density at radius 1 is 1.31 bits per heavy atom. The molecule has 2 rings (SSSR count). The van der Waals surface area contributed by atoms with Crippen LogP contribution in [0.15, 0.2) is 11.3 Å². The van der Waals surface area contributed by atoms with Gasteiger partial charge in [-0.05, 0) is 43.6 Å². The number of ether oxygens (including phenoxy) is 1. The number of hydrogen-bond acceptors (Lipinski definition) is 1. The van der Waals surface area contributed by atoms with Crippen molar-refractivity contribution in [2.75, 3.05) is 0 Å². The smallest absolute Gasteiger partial charge is 0.0961 e. The Morgan fingerprint density at radius 3 is 2.85 bits per heavy atom. The maximum atomic E-state index is 5.95. The van der Waals surface area contributed by atoms with Crippen molar-refractivity contribution in [3.05, 3.63) is 11.3 Å². The van der Waals surface area contributed by atoms with Gasteiger partial charge in [-0.25, -0.2) is 0 Å². The van der Waals surface area contributed by atoms with Gasteiger partial charge < -0.3 is 4.74 Å². The second-order valence-electron chi connectivity index (χ2n) is 5.37. The number of allylic oxidation sites excluding steroid dienone is 2. The number of hydrogen-bond donors (Lipinski definition) is 0. The van der Waals surface area contributed by atoms with Gasteiger partial charge in [0.15, 0.2) is 0 Å². The summed E-state index contributed by atoms with van der Waals surface area (Å²) in [7, 11) is 0. The van der Waals surface area contributed by atoms with E-state index in [4.69, 9.17) is 4.74 Å². The van der Waals surface area contributed by atoms with Crippen molar-refractivity contribution in [3.8, 4) is 0 Å². The third kappa shape index (κ3) is 1.90. The fourth-order valence-electron chi connectivity index (χ4n) is 2.56. The SMILES string of the molecule is CC1CCCC2=C(CC(C)(C)C2)O1. The van der Waals surface area contributed by atoms with Crippen molar-refractivity contribution in [2.24, 2.45) is 5.41 Å². The van der Waals surface area contributed by atoms with Crippen LogP contribution >= 0.6 is 0 Å². The summed E-state index contributed by atoms with van der Waals surface area (Å²) in [6.07, 6.45) is 6.69. The van der Waals surface area contributed by atoms with Crippen LogP contribution in [0.5, 0.6) is 0 Å². The zero-order valence-electron chi connectivity index (χ0n) is 9.02. The lowest BCUT2D eigenvalue weighted by atomic mass is 9.88. The highest BCUT2D eigenvalue weighted by atomic mass is 16.5. The Balaban J connectivity index is 2.13. The zero-order valence-corrected chi connectivity index (χ0v) is 9.02. The van der Waals surface area contributed by atoms with E-state index in [0.29, 0.717) is 11.5 Å². The van der Waals surface area contributed by atoms with E-state index >= 15 is 0 Å². The molecule has 0 bridgehead atoms. The van der Waals surface area contributed by atoms with Crippen molar-refractivity contribution in [1.82, 2.24) is 0 Å². The average Bonchev–Trinajstić information content (AvgIpc) is 2.15. The van der Waals surface area contributed by atoms with Crippen LogP contribution in [-0.2, 0) is 4.74 Å². The van der Waals surface area contributed by atoms with Crippen LogP contribution in [0.1, 0.15) is 52.9 Å². The predicted molar refractivity (Wildman–Crippen MR) is 54.4 cm³/mol. The molecule has 1 atom stereocenters. The fourth-order valence-corrected chi connectivity index (χ4v) is 2.56.